The topological polar surface area (TPSA) is 46.6 Å². The maximum atomic E-state index is 11.3. The van der Waals surface area contributed by atoms with E-state index < -0.39 is 0 Å². The van der Waals surface area contributed by atoms with Gasteiger partial charge in [-0.15, -0.1) is 0 Å². The first-order valence-electron chi connectivity index (χ1n) is 7.87. The van der Waals surface area contributed by atoms with Gasteiger partial charge in [0.25, 0.3) is 11.8 Å². The van der Waals surface area contributed by atoms with Crippen LogP contribution >= 0.6 is 0 Å². The molecule has 114 valence electrons. The quantitative estimate of drug-likeness (QED) is 0.408. The second-order valence-electron chi connectivity index (χ2n) is 5.25. The molecule has 1 heterocycles. The second-order valence-corrected chi connectivity index (χ2v) is 5.25. The Hall–Kier alpha value is -1.16. The molecule has 0 unspecified atom stereocenters. The standard InChI is InChI=1S/C16H27NO3/c1-2-3-4-8-13-20-14-9-6-5-7-12-17-15(18)10-11-16(17)19/h10-11H,2-9,12-14H2,1H3. The van der Waals surface area contributed by atoms with E-state index in [1.165, 1.54) is 42.7 Å². The van der Waals surface area contributed by atoms with Gasteiger partial charge in [0, 0.05) is 31.9 Å². The van der Waals surface area contributed by atoms with Crippen LogP contribution in [0, 0.1) is 0 Å². The molecule has 0 saturated heterocycles. The lowest BCUT2D eigenvalue weighted by atomic mass is 10.2. The summed E-state index contributed by atoms with van der Waals surface area (Å²) in [5.74, 6) is -0.351. The average Bonchev–Trinajstić information content (AvgIpc) is 2.76. The summed E-state index contributed by atoms with van der Waals surface area (Å²) in [5, 5.41) is 0. The number of imide groups is 1. The first-order chi connectivity index (χ1) is 9.75. The van der Waals surface area contributed by atoms with Crippen molar-refractivity contribution in [1.29, 1.82) is 0 Å². The number of unbranched alkanes of at least 4 members (excludes halogenated alkanes) is 6. The number of rotatable bonds is 12. The van der Waals surface area contributed by atoms with Crippen LogP contribution in [0.2, 0.25) is 0 Å². The molecule has 0 fully saturated rings. The van der Waals surface area contributed by atoms with E-state index in [9.17, 15) is 9.59 Å². The number of hydrogen-bond acceptors (Lipinski definition) is 3. The van der Waals surface area contributed by atoms with Gasteiger partial charge >= 0.3 is 0 Å². The van der Waals surface area contributed by atoms with Crippen molar-refractivity contribution >= 4 is 11.8 Å². The zero-order valence-electron chi connectivity index (χ0n) is 12.6. The fraction of sp³-hybridized carbons (Fsp3) is 0.750. The van der Waals surface area contributed by atoms with Crippen molar-refractivity contribution in [3.8, 4) is 0 Å². The Morgan fingerprint density at radius 1 is 0.850 bits per heavy atom. The van der Waals surface area contributed by atoms with E-state index in [2.05, 4.69) is 6.92 Å². The highest BCUT2D eigenvalue weighted by molar-refractivity contribution is 6.12. The van der Waals surface area contributed by atoms with Crippen molar-refractivity contribution in [3.05, 3.63) is 12.2 Å². The van der Waals surface area contributed by atoms with E-state index in [1.807, 2.05) is 0 Å². The van der Waals surface area contributed by atoms with E-state index in [1.54, 1.807) is 0 Å². The van der Waals surface area contributed by atoms with Gasteiger partial charge in [-0.25, -0.2) is 0 Å². The Balaban J connectivity index is 1.83. The molecule has 0 aromatic rings. The fourth-order valence-corrected chi connectivity index (χ4v) is 2.21. The Kier molecular flexibility index (Phi) is 8.96. The van der Waals surface area contributed by atoms with Gasteiger partial charge in [-0.3, -0.25) is 14.5 Å². The third kappa shape index (κ3) is 6.85. The van der Waals surface area contributed by atoms with Gasteiger partial charge in [0.15, 0.2) is 0 Å². The summed E-state index contributed by atoms with van der Waals surface area (Å²) >= 11 is 0. The zero-order chi connectivity index (χ0) is 14.6. The minimum atomic E-state index is -0.176. The summed E-state index contributed by atoms with van der Waals surface area (Å²) in [6.07, 6.45) is 11.8. The zero-order valence-corrected chi connectivity index (χ0v) is 12.6. The van der Waals surface area contributed by atoms with Crippen LogP contribution in [0.5, 0.6) is 0 Å². The minimum absolute atomic E-state index is 0.176. The SMILES string of the molecule is CCCCCCOCCCCCCN1C(=O)C=CC1=O. The Labute approximate surface area is 122 Å². The predicted molar refractivity (Wildman–Crippen MR) is 79.3 cm³/mol. The summed E-state index contributed by atoms with van der Waals surface area (Å²) in [7, 11) is 0. The summed E-state index contributed by atoms with van der Waals surface area (Å²) in [4.78, 5) is 23.9. The number of carbonyl (C=O) groups is 2. The smallest absolute Gasteiger partial charge is 0.253 e. The van der Waals surface area contributed by atoms with E-state index in [-0.39, 0.29) is 11.8 Å². The predicted octanol–water partition coefficient (Wildman–Crippen LogP) is 3.07. The van der Waals surface area contributed by atoms with Crippen LogP contribution in [0.15, 0.2) is 12.2 Å². The molecular formula is C16H27NO3. The molecule has 1 rings (SSSR count). The maximum absolute atomic E-state index is 11.3. The van der Waals surface area contributed by atoms with Gasteiger partial charge in [-0.2, -0.15) is 0 Å². The number of amides is 2. The Morgan fingerprint density at radius 3 is 2.00 bits per heavy atom. The van der Waals surface area contributed by atoms with E-state index in [4.69, 9.17) is 4.74 Å². The first kappa shape index (κ1) is 16.9. The number of nitrogens with zero attached hydrogens (tertiary/aromatic N) is 1. The highest BCUT2D eigenvalue weighted by Gasteiger charge is 2.21. The molecule has 0 bridgehead atoms. The molecule has 4 heteroatoms. The largest absolute Gasteiger partial charge is 0.381 e. The van der Waals surface area contributed by atoms with Crippen molar-refractivity contribution in [2.45, 2.75) is 58.3 Å². The van der Waals surface area contributed by atoms with Crippen LogP contribution in [-0.4, -0.2) is 36.5 Å². The van der Waals surface area contributed by atoms with Gasteiger partial charge in [0.1, 0.15) is 0 Å². The van der Waals surface area contributed by atoms with Crippen molar-refractivity contribution in [2.24, 2.45) is 0 Å². The molecule has 0 saturated carbocycles. The van der Waals surface area contributed by atoms with Gasteiger partial charge in [-0.05, 0) is 19.3 Å². The van der Waals surface area contributed by atoms with Crippen molar-refractivity contribution in [2.75, 3.05) is 19.8 Å². The molecule has 0 aromatic carbocycles. The normalized spacial score (nSPS) is 14.6. The maximum Gasteiger partial charge on any atom is 0.253 e. The molecule has 0 atom stereocenters. The first-order valence-corrected chi connectivity index (χ1v) is 7.87. The van der Waals surface area contributed by atoms with Crippen LogP contribution in [0.25, 0.3) is 0 Å². The van der Waals surface area contributed by atoms with E-state index in [0.717, 1.165) is 38.9 Å². The lowest BCUT2D eigenvalue weighted by Gasteiger charge is -2.13. The molecule has 4 nitrogen and oxygen atoms in total. The van der Waals surface area contributed by atoms with Gasteiger partial charge in [-0.1, -0.05) is 39.0 Å². The summed E-state index contributed by atoms with van der Waals surface area (Å²) in [5.41, 5.74) is 0. The van der Waals surface area contributed by atoms with Crippen molar-refractivity contribution in [1.82, 2.24) is 4.90 Å². The van der Waals surface area contributed by atoms with E-state index >= 15 is 0 Å². The lowest BCUT2D eigenvalue weighted by molar-refractivity contribution is -0.136. The third-order valence-corrected chi connectivity index (χ3v) is 3.46. The van der Waals surface area contributed by atoms with Crippen molar-refractivity contribution in [3.63, 3.8) is 0 Å². The number of ether oxygens (including phenoxy) is 1. The monoisotopic (exact) mass is 281 g/mol. The average molecular weight is 281 g/mol. The molecule has 2 amide bonds. The molecule has 1 aliphatic heterocycles. The van der Waals surface area contributed by atoms with Crippen LogP contribution in [0.3, 0.4) is 0 Å². The number of carbonyl (C=O) groups excluding carboxylic acids is 2. The highest BCUT2D eigenvalue weighted by Crippen LogP contribution is 2.08. The van der Waals surface area contributed by atoms with E-state index in [0.29, 0.717) is 6.54 Å². The molecule has 1 aliphatic rings. The molecular weight excluding hydrogens is 254 g/mol. The van der Waals surface area contributed by atoms with Crippen LogP contribution in [-0.2, 0) is 14.3 Å². The third-order valence-electron chi connectivity index (χ3n) is 3.46. The summed E-state index contributed by atoms with van der Waals surface area (Å²) in [6.45, 7) is 4.46. The van der Waals surface area contributed by atoms with Gasteiger partial charge in [0.05, 0.1) is 0 Å². The molecule has 0 spiro atoms. The fourth-order valence-electron chi connectivity index (χ4n) is 2.21. The molecule has 20 heavy (non-hydrogen) atoms. The lowest BCUT2D eigenvalue weighted by Crippen LogP contribution is -2.30. The highest BCUT2D eigenvalue weighted by atomic mass is 16.5. The summed E-state index contributed by atoms with van der Waals surface area (Å²) < 4.78 is 5.57. The van der Waals surface area contributed by atoms with Crippen LogP contribution < -0.4 is 0 Å². The molecule has 0 N–H and O–H groups in total. The Bertz CT molecular complexity index is 308. The van der Waals surface area contributed by atoms with Gasteiger partial charge < -0.3 is 4.74 Å². The molecule has 0 radical (unpaired) electrons. The Morgan fingerprint density at radius 2 is 1.40 bits per heavy atom. The van der Waals surface area contributed by atoms with Gasteiger partial charge in [0.2, 0.25) is 0 Å². The molecule has 0 aromatic heterocycles. The number of hydrogen-bond donors (Lipinski definition) is 0. The second kappa shape index (κ2) is 10.6. The van der Waals surface area contributed by atoms with Crippen molar-refractivity contribution < 1.29 is 14.3 Å². The minimum Gasteiger partial charge on any atom is -0.381 e. The van der Waals surface area contributed by atoms with Crippen LogP contribution in [0.1, 0.15) is 58.3 Å². The summed E-state index contributed by atoms with van der Waals surface area (Å²) in [6, 6.07) is 0. The van der Waals surface area contributed by atoms with Crippen LogP contribution in [0.4, 0.5) is 0 Å². The molecule has 0 aliphatic carbocycles.